The number of anilines is 1. The summed E-state index contributed by atoms with van der Waals surface area (Å²) in [5.74, 6) is -1.12. The molecule has 132 valence electrons. The number of carboxylic acid groups (broad SMARTS) is 1. The Morgan fingerprint density at radius 3 is 2.52 bits per heavy atom. The first-order valence-corrected chi connectivity index (χ1v) is 9.41. The summed E-state index contributed by atoms with van der Waals surface area (Å²) in [5.41, 5.74) is 0.234. The van der Waals surface area contributed by atoms with E-state index in [1.165, 1.54) is 12.1 Å². The van der Waals surface area contributed by atoms with Crippen molar-refractivity contribution in [2.75, 3.05) is 11.6 Å². The smallest absolute Gasteiger partial charge is 0.335 e. The van der Waals surface area contributed by atoms with E-state index >= 15 is 0 Å². The van der Waals surface area contributed by atoms with Crippen molar-refractivity contribution in [1.29, 1.82) is 0 Å². The molecule has 25 heavy (non-hydrogen) atoms. The maximum absolute atomic E-state index is 12.4. The van der Waals surface area contributed by atoms with E-state index < -0.39 is 21.7 Å². The first kappa shape index (κ1) is 17.2. The Morgan fingerprint density at radius 1 is 1.28 bits per heavy atom. The van der Waals surface area contributed by atoms with Gasteiger partial charge in [-0.1, -0.05) is 0 Å². The van der Waals surface area contributed by atoms with Gasteiger partial charge < -0.3 is 14.8 Å². The van der Waals surface area contributed by atoms with Gasteiger partial charge in [-0.25, -0.2) is 18.2 Å². The van der Waals surface area contributed by atoms with Gasteiger partial charge in [-0.3, -0.25) is 4.79 Å². The standard InChI is InChI=1S/C16H16N2O6S/c1-8-13(24-15(17-8)9-3-4-9)14(19)18-11-5-10(16(20)21)6-12(7-11)25(2,22)23/h5-7,9H,3-4H2,1-2H3,(H,18,19)(H,20,21). The quantitative estimate of drug-likeness (QED) is 0.832. The lowest BCUT2D eigenvalue weighted by Gasteiger charge is -2.08. The third-order valence-electron chi connectivity index (χ3n) is 3.79. The minimum atomic E-state index is -3.64. The lowest BCUT2D eigenvalue weighted by atomic mass is 10.2. The molecule has 1 aliphatic carbocycles. The number of carbonyl (C=O) groups excluding carboxylic acids is 1. The molecule has 0 spiro atoms. The van der Waals surface area contributed by atoms with Crippen LogP contribution in [0.15, 0.2) is 27.5 Å². The van der Waals surface area contributed by atoms with Crippen LogP contribution in [0.2, 0.25) is 0 Å². The van der Waals surface area contributed by atoms with Crippen LogP contribution < -0.4 is 5.32 Å². The van der Waals surface area contributed by atoms with Crippen molar-refractivity contribution < 1.29 is 27.5 Å². The molecule has 1 amide bonds. The van der Waals surface area contributed by atoms with Crippen molar-refractivity contribution in [2.24, 2.45) is 0 Å². The zero-order valence-corrected chi connectivity index (χ0v) is 14.4. The van der Waals surface area contributed by atoms with E-state index in [9.17, 15) is 18.0 Å². The summed E-state index contributed by atoms with van der Waals surface area (Å²) < 4.78 is 28.9. The van der Waals surface area contributed by atoms with Crippen molar-refractivity contribution >= 4 is 27.4 Å². The minimum absolute atomic E-state index is 0.0310. The van der Waals surface area contributed by atoms with E-state index in [1.54, 1.807) is 6.92 Å². The summed E-state index contributed by atoms with van der Waals surface area (Å²) in [5, 5.41) is 11.6. The number of oxazole rings is 1. The Kier molecular flexibility index (Phi) is 4.11. The molecule has 2 N–H and O–H groups in total. The van der Waals surface area contributed by atoms with Gasteiger partial charge in [0.2, 0.25) is 5.76 Å². The molecule has 8 nitrogen and oxygen atoms in total. The SMILES string of the molecule is Cc1nc(C2CC2)oc1C(=O)Nc1cc(C(=O)O)cc(S(C)(=O)=O)c1. The molecule has 0 saturated heterocycles. The van der Waals surface area contributed by atoms with Crippen LogP contribution in [-0.2, 0) is 9.84 Å². The number of hydrogen-bond acceptors (Lipinski definition) is 6. The van der Waals surface area contributed by atoms with Crippen LogP contribution in [0, 0.1) is 6.92 Å². The first-order valence-electron chi connectivity index (χ1n) is 7.52. The van der Waals surface area contributed by atoms with E-state index in [0.717, 1.165) is 25.2 Å². The second-order valence-electron chi connectivity index (χ2n) is 6.02. The number of nitrogens with one attached hydrogen (secondary N) is 1. The molecule has 0 bridgehead atoms. The second-order valence-corrected chi connectivity index (χ2v) is 8.03. The first-order chi connectivity index (χ1) is 11.6. The molecular weight excluding hydrogens is 348 g/mol. The van der Waals surface area contributed by atoms with Crippen molar-refractivity contribution in [3.63, 3.8) is 0 Å². The van der Waals surface area contributed by atoms with Gasteiger partial charge in [-0.05, 0) is 38.0 Å². The lowest BCUT2D eigenvalue weighted by molar-refractivity contribution is 0.0696. The molecule has 2 aromatic rings. The van der Waals surface area contributed by atoms with Crippen molar-refractivity contribution in [2.45, 2.75) is 30.6 Å². The Morgan fingerprint density at radius 2 is 1.96 bits per heavy atom. The molecule has 1 heterocycles. The van der Waals surface area contributed by atoms with Crippen LogP contribution in [0.3, 0.4) is 0 Å². The van der Waals surface area contributed by atoms with Gasteiger partial charge in [0, 0.05) is 17.9 Å². The number of aromatic carboxylic acids is 1. The molecule has 1 aromatic heterocycles. The number of aryl methyl sites for hydroxylation is 1. The number of carboxylic acids is 1. The number of sulfone groups is 1. The maximum Gasteiger partial charge on any atom is 0.335 e. The van der Waals surface area contributed by atoms with Crippen molar-refractivity contribution in [3.05, 3.63) is 41.1 Å². The van der Waals surface area contributed by atoms with E-state index in [0.29, 0.717) is 11.6 Å². The lowest BCUT2D eigenvalue weighted by Crippen LogP contribution is -2.14. The molecule has 0 unspecified atom stereocenters. The number of benzene rings is 1. The number of hydrogen-bond donors (Lipinski definition) is 2. The Labute approximate surface area is 143 Å². The molecule has 9 heteroatoms. The minimum Gasteiger partial charge on any atom is -0.478 e. The van der Waals surface area contributed by atoms with Gasteiger partial charge in [-0.15, -0.1) is 0 Å². The van der Waals surface area contributed by atoms with Crippen LogP contribution in [0.25, 0.3) is 0 Å². The van der Waals surface area contributed by atoms with Gasteiger partial charge in [0.05, 0.1) is 16.2 Å². The zero-order chi connectivity index (χ0) is 18.4. The maximum atomic E-state index is 12.4. The fourth-order valence-corrected chi connectivity index (χ4v) is 3.01. The summed E-state index contributed by atoms with van der Waals surface area (Å²) >= 11 is 0. The molecule has 1 aliphatic rings. The van der Waals surface area contributed by atoms with Gasteiger partial charge in [0.15, 0.2) is 15.7 Å². The van der Waals surface area contributed by atoms with Gasteiger partial charge in [0.1, 0.15) is 0 Å². The normalized spacial score (nSPS) is 14.3. The van der Waals surface area contributed by atoms with Crippen molar-refractivity contribution in [1.82, 2.24) is 4.98 Å². The monoisotopic (exact) mass is 364 g/mol. The largest absolute Gasteiger partial charge is 0.478 e. The molecule has 0 aliphatic heterocycles. The summed E-state index contributed by atoms with van der Waals surface area (Å²) in [6, 6.07) is 3.42. The van der Waals surface area contributed by atoms with Crippen LogP contribution in [-0.4, -0.2) is 36.6 Å². The van der Waals surface area contributed by atoms with Crippen molar-refractivity contribution in [3.8, 4) is 0 Å². The Balaban J connectivity index is 1.92. The molecule has 0 atom stereocenters. The van der Waals surface area contributed by atoms with Crippen LogP contribution >= 0.6 is 0 Å². The summed E-state index contributed by atoms with van der Waals surface area (Å²) in [4.78, 5) is 27.6. The summed E-state index contributed by atoms with van der Waals surface area (Å²) in [7, 11) is -3.64. The van der Waals surface area contributed by atoms with Gasteiger partial charge >= 0.3 is 5.97 Å². The van der Waals surface area contributed by atoms with Crippen LogP contribution in [0.1, 0.15) is 51.3 Å². The van der Waals surface area contributed by atoms with E-state index in [-0.39, 0.29) is 27.8 Å². The van der Waals surface area contributed by atoms with Gasteiger partial charge in [0.25, 0.3) is 5.91 Å². The number of amides is 1. The van der Waals surface area contributed by atoms with Gasteiger partial charge in [-0.2, -0.15) is 0 Å². The molecule has 1 fully saturated rings. The summed E-state index contributed by atoms with van der Waals surface area (Å²) in [6.45, 7) is 1.64. The third-order valence-corrected chi connectivity index (χ3v) is 4.88. The second kappa shape index (κ2) is 5.99. The number of aromatic nitrogens is 1. The average Bonchev–Trinajstić information content (AvgIpc) is 3.28. The fourth-order valence-electron chi connectivity index (χ4n) is 2.33. The van der Waals surface area contributed by atoms with Crippen LogP contribution in [0.5, 0.6) is 0 Å². The molecule has 1 saturated carbocycles. The third kappa shape index (κ3) is 3.71. The average molecular weight is 364 g/mol. The predicted octanol–water partition coefficient (Wildman–Crippen LogP) is 2.21. The Bertz CT molecular complexity index is 973. The van der Waals surface area contributed by atoms with E-state index in [1.807, 2.05) is 0 Å². The van der Waals surface area contributed by atoms with E-state index in [2.05, 4.69) is 10.3 Å². The highest BCUT2D eigenvalue weighted by molar-refractivity contribution is 7.90. The van der Waals surface area contributed by atoms with E-state index in [4.69, 9.17) is 9.52 Å². The van der Waals surface area contributed by atoms with Crippen LogP contribution in [0.4, 0.5) is 5.69 Å². The molecule has 0 radical (unpaired) electrons. The highest BCUT2D eigenvalue weighted by Gasteiger charge is 2.31. The number of rotatable bonds is 5. The number of nitrogens with zero attached hydrogens (tertiary/aromatic N) is 1. The predicted molar refractivity (Wildman–Crippen MR) is 87.7 cm³/mol. The highest BCUT2D eigenvalue weighted by atomic mass is 32.2. The number of carbonyl (C=O) groups is 2. The molecule has 1 aromatic carbocycles. The Hall–Kier alpha value is -2.68. The topological polar surface area (TPSA) is 127 Å². The molecule has 3 rings (SSSR count). The highest BCUT2D eigenvalue weighted by Crippen LogP contribution is 2.40. The zero-order valence-electron chi connectivity index (χ0n) is 13.6. The molecular formula is C16H16N2O6S. The fraction of sp³-hybridized carbons (Fsp3) is 0.312. The summed E-state index contributed by atoms with van der Waals surface area (Å²) in [6.07, 6.45) is 2.90.